The van der Waals surface area contributed by atoms with E-state index in [1.165, 1.54) is 16.7 Å². The molecule has 2 aromatic carbocycles. The summed E-state index contributed by atoms with van der Waals surface area (Å²) in [6.45, 7) is 9.25. The summed E-state index contributed by atoms with van der Waals surface area (Å²) in [6, 6.07) is 14.0. The second-order valence-corrected chi connectivity index (χ2v) is 18.2. The minimum absolute atomic E-state index is 0.0216. The Kier molecular flexibility index (Phi) is 9.78. The van der Waals surface area contributed by atoms with Crippen molar-refractivity contribution in [2.45, 2.75) is 90.1 Å². The van der Waals surface area contributed by atoms with Crippen LogP contribution in [-0.2, 0) is 44.4 Å². The Bertz CT molecular complexity index is 2070. The number of fused-ring (bicyclic) bond motifs is 5. The van der Waals surface area contributed by atoms with E-state index in [4.69, 9.17) is 14.2 Å². The molecular weight excluding hydrogens is 689 g/mol. The lowest BCUT2D eigenvalue weighted by molar-refractivity contribution is 0.0131. The molecule has 4 heterocycles. The summed E-state index contributed by atoms with van der Waals surface area (Å²) in [4.78, 5) is 30.2. The molecule has 1 fully saturated rings. The second kappa shape index (κ2) is 14.4. The van der Waals surface area contributed by atoms with Crippen molar-refractivity contribution in [1.29, 1.82) is 0 Å². The van der Waals surface area contributed by atoms with Crippen LogP contribution in [0, 0.1) is 24.7 Å². The highest BCUT2D eigenvalue weighted by Gasteiger charge is 2.44. The van der Waals surface area contributed by atoms with Crippen molar-refractivity contribution in [3.8, 4) is 5.75 Å². The molecule has 10 nitrogen and oxygen atoms in total. The SMILES string of the molecule is CO[C@H]1/C=C/C[C@H](C)CS(=O)(NC(=O)c2cc3n(c2)C[C@@H](C)OC3)=NC(=O)c2ccc3c(c2)N(C[C@@H]2CC[C@H]21)C[C@@]1(CCCc2cc(C)ccc21)CO3. The molecular formula is C42H52N4O6S. The van der Waals surface area contributed by atoms with Crippen molar-refractivity contribution < 1.29 is 28.0 Å². The van der Waals surface area contributed by atoms with E-state index in [1.54, 1.807) is 25.4 Å². The number of amides is 2. The number of nitrogens with zero attached hydrogens (tertiary/aromatic N) is 3. The summed E-state index contributed by atoms with van der Waals surface area (Å²) >= 11 is 0. The van der Waals surface area contributed by atoms with Crippen LogP contribution in [0.2, 0.25) is 0 Å². The van der Waals surface area contributed by atoms with Gasteiger partial charge in [0.05, 0.1) is 42.4 Å². The fourth-order valence-electron chi connectivity index (χ4n) is 9.26. The number of ether oxygens (including phenoxy) is 3. The summed E-state index contributed by atoms with van der Waals surface area (Å²) in [5, 5.41) is 0. The fraction of sp³-hybridized carbons (Fsp3) is 0.524. The number of rotatable bonds is 3. The van der Waals surface area contributed by atoms with Crippen molar-refractivity contribution in [3.63, 3.8) is 0 Å². The van der Waals surface area contributed by atoms with Gasteiger partial charge >= 0.3 is 0 Å². The minimum atomic E-state index is -3.53. The van der Waals surface area contributed by atoms with Crippen LogP contribution < -0.4 is 14.4 Å². The van der Waals surface area contributed by atoms with Crippen molar-refractivity contribution >= 4 is 27.4 Å². The van der Waals surface area contributed by atoms with Crippen molar-refractivity contribution in [2.24, 2.45) is 22.1 Å². The van der Waals surface area contributed by atoms with E-state index in [2.05, 4.69) is 51.3 Å². The monoisotopic (exact) mass is 740 g/mol. The van der Waals surface area contributed by atoms with Crippen molar-refractivity contribution in [3.05, 3.63) is 94.3 Å². The van der Waals surface area contributed by atoms with E-state index >= 15 is 0 Å². The van der Waals surface area contributed by atoms with Gasteiger partial charge in [0.15, 0.2) is 0 Å². The maximum absolute atomic E-state index is 14.7. The van der Waals surface area contributed by atoms with Gasteiger partial charge in [-0.2, -0.15) is 0 Å². The molecule has 2 amide bonds. The van der Waals surface area contributed by atoms with Gasteiger partial charge in [-0.15, -0.1) is 4.36 Å². The zero-order chi connectivity index (χ0) is 36.9. The average Bonchev–Trinajstić information content (AvgIpc) is 3.48. The van der Waals surface area contributed by atoms with Crippen LogP contribution in [0.1, 0.15) is 89.1 Å². The number of nitrogens with one attached hydrogen (secondary N) is 1. The summed E-state index contributed by atoms with van der Waals surface area (Å²) < 4.78 is 42.3. The second-order valence-electron chi connectivity index (χ2n) is 16.2. The molecule has 8 rings (SSSR count). The lowest BCUT2D eigenvalue weighted by atomic mass is 9.68. The Morgan fingerprint density at radius 1 is 1.11 bits per heavy atom. The van der Waals surface area contributed by atoms with Crippen LogP contribution in [0.3, 0.4) is 0 Å². The van der Waals surface area contributed by atoms with E-state index in [9.17, 15) is 13.8 Å². The molecule has 7 atom stereocenters. The molecule has 282 valence electrons. The number of hydrogen-bond donors (Lipinski definition) is 1. The van der Waals surface area contributed by atoms with Crippen LogP contribution in [0.5, 0.6) is 5.75 Å². The van der Waals surface area contributed by atoms with Crippen molar-refractivity contribution in [1.82, 2.24) is 9.29 Å². The van der Waals surface area contributed by atoms with Gasteiger partial charge in [0.1, 0.15) is 15.7 Å². The van der Waals surface area contributed by atoms with Crippen LogP contribution in [-0.4, -0.2) is 65.4 Å². The number of aromatic nitrogens is 1. The third-order valence-corrected chi connectivity index (χ3v) is 14.2. The van der Waals surface area contributed by atoms with E-state index in [0.29, 0.717) is 49.1 Å². The number of carbonyl (C=O) groups excluding carboxylic acids is 2. The highest BCUT2D eigenvalue weighted by atomic mass is 32.2. The van der Waals surface area contributed by atoms with Gasteiger partial charge in [-0.05, 0) is 106 Å². The lowest BCUT2D eigenvalue weighted by Gasteiger charge is -2.46. The number of benzene rings is 2. The maximum Gasteiger partial charge on any atom is 0.286 e. The molecule has 1 N–H and O–H groups in total. The van der Waals surface area contributed by atoms with Gasteiger partial charge in [0.2, 0.25) is 0 Å². The molecule has 1 aromatic heterocycles. The predicted molar refractivity (Wildman–Crippen MR) is 206 cm³/mol. The molecule has 1 unspecified atom stereocenters. The Hall–Kier alpha value is -3.93. The Morgan fingerprint density at radius 3 is 2.79 bits per heavy atom. The lowest BCUT2D eigenvalue weighted by Crippen LogP contribution is -2.49. The Morgan fingerprint density at radius 2 is 1.98 bits per heavy atom. The molecule has 11 heteroatoms. The molecule has 2 bridgehead atoms. The molecule has 0 saturated heterocycles. The largest absolute Gasteiger partial charge is 0.490 e. The first-order chi connectivity index (χ1) is 25.5. The van der Waals surface area contributed by atoms with Gasteiger partial charge in [-0.1, -0.05) is 42.8 Å². The van der Waals surface area contributed by atoms with Crippen LogP contribution in [0.4, 0.5) is 5.69 Å². The summed E-state index contributed by atoms with van der Waals surface area (Å²) in [5.74, 6) is 0.239. The van der Waals surface area contributed by atoms with E-state index in [-0.39, 0.29) is 29.3 Å². The van der Waals surface area contributed by atoms with E-state index < -0.39 is 21.7 Å². The van der Waals surface area contributed by atoms with Gasteiger partial charge in [-0.3, -0.25) is 14.3 Å². The van der Waals surface area contributed by atoms with E-state index in [0.717, 1.165) is 62.3 Å². The zero-order valence-electron chi connectivity index (χ0n) is 31.3. The quantitative estimate of drug-likeness (QED) is 0.295. The molecule has 53 heavy (non-hydrogen) atoms. The third-order valence-electron chi connectivity index (χ3n) is 12.2. The average molecular weight is 741 g/mol. The summed E-state index contributed by atoms with van der Waals surface area (Å²) in [6.07, 6.45) is 12.0. The van der Waals surface area contributed by atoms with Crippen LogP contribution >= 0.6 is 0 Å². The topological polar surface area (TPSA) is 111 Å². The van der Waals surface area contributed by atoms with E-state index in [1.807, 2.05) is 30.5 Å². The number of methoxy groups -OCH3 is 1. The molecule has 1 saturated carbocycles. The zero-order valence-corrected chi connectivity index (χ0v) is 32.2. The highest BCUT2D eigenvalue weighted by Crippen LogP contribution is 2.47. The van der Waals surface area contributed by atoms with Gasteiger partial charge in [0.25, 0.3) is 11.8 Å². The fourth-order valence-corrected chi connectivity index (χ4v) is 11.1. The first kappa shape index (κ1) is 36.1. The first-order valence-corrected chi connectivity index (χ1v) is 20.9. The first-order valence-electron chi connectivity index (χ1n) is 19.2. The Labute approximate surface area is 313 Å². The standard InChI is InChI=1S/C42H52N4O6S/c1-27-10-14-36-30(17-27)8-6-16-42(36)25-46-21-32-11-13-35(32)38(50-4)9-5-7-28(2)24-53(49,43-40(47)31-12-15-39(52-26-42)37(46)19-31)44-41(48)33-18-34-23-51-29(3)20-45(34)22-33/h5,9-10,12,14-15,17-19,22,28-29,32,35,38H,6-8,11,13,16,20-21,23-26H2,1-4H3,(H,43,44,47,48,49)/b9-5+/t28-,29+,32-,35+,38-,42-,53?/m0/s1. The molecule has 5 aliphatic rings. The van der Waals surface area contributed by atoms with Crippen molar-refractivity contribution in [2.75, 3.05) is 37.5 Å². The van der Waals surface area contributed by atoms with Gasteiger partial charge < -0.3 is 23.7 Å². The molecule has 0 radical (unpaired) electrons. The predicted octanol–water partition coefficient (Wildman–Crippen LogP) is 6.78. The molecule has 2 aliphatic carbocycles. The number of hydrogen-bond acceptors (Lipinski definition) is 7. The van der Waals surface area contributed by atoms with Gasteiger partial charge in [0, 0.05) is 49.6 Å². The number of allylic oxidation sites excluding steroid dienone is 1. The van der Waals surface area contributed by atoms with Crippen LogP contribution in [0.25, 0.3) is 0 Å². The minimum Gasteiger partial charge on any atom is -0.490 e. The molecule has 1 spiro atoms. The number of anilines is 1. The summed E-state index contributed by atoms with van der Waals surface area (Å²) in [5.41, 5.74) is 6.24. The number of aryl methyl sites for hydroxylation is 2. The normalized spacial score (nSPS) is 31.8. The smallest absolute Gasteiger partial charge is 0.286 e. The summed E-state index contributed by atoms with van der Waals surface area (Å²) in [7, 11) is -1.75. The maximum atomic E-state index is 14.7. The number of carbonyl (C=O) groups is 2. The van der Waals surface area contributed by atoms with Crippen LogP contribution in [0.15, 0.2) is 65.2 Å². The molecule has 3 aliphatic heterocycles. The third kappa shape index (κ3) is 7.20. The highest BCUT2D eigenvalue weighted by molar-refractivity contribution is 7.92. The van der Waals surface area contributed by atoms with Gasteiger partial charge in [-0.25, -0.2) is 4.21 Å². The molecule has 3 aromatic rings. The Balaban J connectivity index is 1.18.